The van der Waals surface area contributed by atoms with E-state index in [9.17, 15) is 24.4 Å². The molecule has 0 saturated heterocycles. The molecule has 0 radical (unpaired) electrons. The number of nitriles is 1. The van der Waals surface area contributed by atoms with Gasteiger partial charge in [-0.25, -0.2) is 0 Å². The first kappa shape index (κ1) is 19.8. The van der Waals surface area contributed by atoms with Gasteiger partial charge in [0.15, 0.2) is 6.61 Å². The van der Waals surface area contributed by atoms with Gasteiger partial charge in [0.05, 0.1) is 16.8 Å². The third-order valence-electron chi connectivity index (χ3n) is 5.07. The molecule has 152 valence electrons. The number of nitrogens with zero attached hydrogens (tertiary/aromatic N) is 2. The number of aryl methyl sites for hydroxylation is 1. The molecule has 2 heterocycles. The number of thiophene rings is 1. The highest BCUT2D eigenvalue weighted by molar-refractivity contribution is 7.16. The lowest BCUT2D eigenvalue weighted by Gasteiger charge is -2.15. The summed E-state index contributed by atoms with van der Waals surface area (Å²) in [5.41, 5.74) is 2.06. The van der Waals surface area contributed by atoms with Crippen LogP contribution >= 0.6 is 11.3 Å². The third kappa shape index (κ3) is 3.57. The quantitative estimate of drug-likeness (QED) is 0.582. The van der Waals surface area contributed by atoms with E-state index in [0.717, 1.165) is 41.0 Å². The standard InChI is InChI=1S/C21H17N3O5S/c22-9-14-12-5-2-4-8-16(12)30-20(14)23-17(25)11-29-18(26)10-24-15-7-3-1-6-13(15)19(27)21(24)28/h1,3,6-7H,2,4-5,8,10-11H2,(H,23,25). The van der Waals surface area contributed by atoms with Gasteiger partial charge in [-0.15, -0.1) is 11.3 Å². The molecular weight excluding hydrogens is 406 g/mol. The van der Waals surface area contributed by atoms with E-state index in [2.05, 4.69) is 11.4 Å². The first-order chi connectivity index (χ1) is 14.5. The van der Waals surface area contributed by atoms with Crippen molar-refractivity contribution < 1.29 is 23.9 Å². The van der Waals surface area contributed by atoms with Crippen LogP contribution in [0, 0.1) is 11.3 Å². The molecule has 1 aromatic heterocycles. The number of para-hydroxylation sites is 1. The highest BCUT2D eigenvalue weighted by Crippen LogP contribution is 2.37. The second kappa shape index (κ2) is 8.08. The van der Waals surface area contributed by atoms with Crippen LogP contribution in [0.4, 0.5) is 10.7 Å². The SMILES string of the molecule is N#Cc1c(NC(=O)COC(=O)CN2C(=O)C(=O)c3ccccc32)sc2c1CCCC2. The largest absolute Gasteiger partial charge is 0.454 e. The van der Waals surface area contributed by atoms with Crippen molar-refractivity contribution in [3.8, 4) is 6.07 Å². The van der Waals surface area contributed by atoms with Crippen molar-refractivity contribution in [1.82, 2.24) is 0 Å². The molecule has 0 fully saturated rings. The van der Waals surface area contributed by atoms with E-state index >= 15 is 0 Å². The maximum Gasteiger partial charge on any atom is 0.326 e. The van der Waals surface area contributed by atoms with E-state index in [1.807, 2.05) is 0 Å². The smallest absolute Gasteiger partial charge is 0.326 e. The molecule has 1 aliphatic heterocycles. The number of nitrogens with one attached hydrogen (secondary N) is 1. The van der Waals surface area contributed by atoms with E-state index in [1.165, 1.54) is 17.4 Å². The predicted octanol–water partition coefficient (Wildman–Crippen LogP) is 2.21. The molecular formula is C21H17N3O5S. The van der Waals surface area contributed by atoms with Gasteiger partial charge in [-0.3, -0.25) is 24.1 Å². The molecule has 0 atom stereocenters. The van der Waals surface area contributed by atoms with Crippen LogP contribution in [0.1, 0.15) is 39.2 Å². The van der Waals surface area contributed by atoms with E-state index in [4.69, 9.17) is 4.74 Å². The van der Waals surface area contributed by atoms with Crippen molar-refractivity contribution in [3.63, 3.8) is 0 Å². The summed E-state index contributed by atoms with van der Waals surface area (Å²) in [6, 6.07) is 8.53. The van der Waals surface area contributed by atoms with Crippen molar-refractivity contribution in [2.24, 2.45) is 0 Å². The number of ether oxygens (including phenoxy) is 1. The lowest BCUT2D eigenvalue weighted by molar-refractivity contribution is -0.146. The summed E-state index contributed by atoms with van der Waals surface area (Å²) in [6.45, 7) is -1.02. The van der Waals surface area contributed by atoms with Crippen LogP contribution in [0.5, 0.6) is 0 Å². The molecule has 1 aromatic carbocycles. The number of fused-ring (bicyclic) bond motifs is 2. The van der Waals surface area contributed by atoms with Gasteiger partial charge in [-0.05, 0) is 43.4 Å². The number of carbonyl (C=O) groups excluding carboxylic acids is 4. The summed E-state index contributed by atoms with van der Waals surface area (Å²) in [5, 5.41) is 12.6. The molecule has 2 amide bonds. The number of carbonyl (C=O) groups is 4. The summed E-state index contributed by atoms with van der Waals surface area (Å²) in [7, 11) is 0. The topological polar surface area (TPSA) is 117 Å². The first-order valence-corrected chi connectivity index (χ1v) is 10.3. The highest BCUT2D eigenvalue weighted by atomic mass is 32.1. The lowest BCUT2D eigenvalue weighted by Crippen LogP contribution is -2.36. The van der Waals surface area contributed by atoms with Crippen molar-refractivity contribution in [2.45, 2.75) is 25.7 Å². The Labute approximate surface area is 176 Å². The Morgan fingerprint density at radius 2 is 1.97 bits per heavy atom. The Morgan fingerprint density at radius 3 is 2.77 bits per heavy atom. The number of anilines is 2. The summed E-state index contributed by atoms with van der Waals surface area (Å²) in [4.78, 5) is 50.6. The van der Waals surface area contributed by atoms with Gasteiger partial charge in [-0.1, -0.05) is 12.1 Å². The van der Waals surface area contributed by atoms with Crippen LogP contribution in [-0.4, -0.2) is 36.7 Å². The van der Waals surface area contributed by atoms with Gasteiger partial charge >= 0.3 is 5.97 Å². The van der Waals surface area contributed by atoms with Gasteiger partial charge in [0, 0.05) is 4.88 Å². The molecule has 1 aliphatic carbocycles. The van der Waals surface area contributed by atoms with Crippen LogP contribution in [0.25, 0.3) is 0 Å². The molecule has 0 saturated carbocycles. The minimum absolute atomic E-state index is 0.235. The van der Waals surface area contributed by atoms with E-state index in [0.29, 0.717) is 16.3 Å². The van der Waals surface area contributed by atoms with Gasteiger partial charge in [-0.2, -0.15) is 5.26 Å². The van der Waals surface area contributed by atoms with Crippen LogP contribution in [0.15, 0.2) is 24.3 Å². The second-order valence-electron chi connectivity index (χ2n) is 6.97. The third-order valence-corrected chi connectivity index (χ3v) is 6.27. The predicted molar refractivity (Wildman–Crippen MR) is 108 cm³/mol. The Kier molecular flexibility index (Phi) is 5.33. The Morgan fingerprint density at radius 1 is 1.20 bits per heavy atom. The molecule has 2 aliphatic rings. The second-order valence-corrected chi connectivity index (χ2v) is 8.08. The summed E-state index contributed by atoms with van der Waals surface area (Å²) >= 11 is 1.38. The van der Waals surface area contributed by atoms with Crippen molar-refractivity contribution in [1.29, 1.82) is 5.26 Å². The molecule has 9 heteroatoms. The van der Waals surface area contributed by atoms with Crippen LogP contribution in [0.2, 0.25) is 0 Å². The molecule has 8 nitrogen and oxygen atoms in total. The molecule has 4 rings (SSSR count). The zero-order chi connectivity index (χ0) is 21.3. The number of rotatable bonds is 5. The zero-order valence-corrected chi connectivity index (χ0v) is 16.7. The number of hydrogen-bond acceptors (Lipinski definition) is 7. The van der Waals surface area contributed by atoms with Crippen LogP contribution < -0.4 is 10.2 Å². The van der Waals surface area contributed by atoms with Gasteiger partial charge < -0.3 is 10.1 Å². The average molecular weight is 423 g/mol. The van der Waals surface area contributed by atoms with E-state index in [1.54, 1.807) is 18.2 Å². The zero-order valence-electron chi connectivity index (χ0n) is 15.9. The van der Waals surface area contributed by atoms with Gasteiger partial charge in [0.25, 0.3) is 17.6 Å². The molecule has 0 unspecified atom stereocenters. The summed E-state index contributed by atoms with van der Waals surface area (Å²) < 4.78 is 4.98. The van der Waals surface area contributed by atoms with E-state index in [-0.39, 0.29) is 5.56 Å². The summed E-state index contributed by atoms with van der Waals surface area (Å²) in [5.74, 6) is -2.86. The monoisotopic (exact) mass is 423 g/mol. The van der Waals surface area contributed by atoms with Crippen molar-refractivity contribution in [3.05, 3.63) is 45.8 Å². The van der Waals surface area contributed by atoms with Gasteiger partial charge in [0.2, 0.25) is 0 Å². The van der Waals surface area contributed by atoms with Crippen LogP contribution in [0.3, 0.4) is 0 Å². The van der Waals surface area contributed by atoms with E-state index < -0.39 is 36.7 Å². The number of esters is 1. The Hall–Kier alpha value is -3.51. The lowest BCUT2D eigenvalue weighted by atomic mass is 9.96. The molecule has 0 bridgehead atoms. The fraction of sp³-hybridized carbons (Fsp3) is 0.286. The minimum Gasteiger partial charge on any atom is -0.454 e. The number of benzene rings is 1. The maximum absolute atomic E-state index is 12.2. The highest BCUT2D eigenvalue weighted by Gasteiger charge is 2.36. The summed E-state index contributed by atoms with van der Waals surface area (Å²) in [6.07, 6.45) is 3.79. The Bertz CT molecular complexity index is 1110. The Balaban J connectivity index is 1.36. The first-order valence-electron chi connectivity index (χ1n) is 9.45. The maximum atomic E-state index is 12.2. The van der Waals surface area contributed by atoms with Crippen molar-refractivity contribution in [2.75, 3.05) is 23.4 Å². The molecule has 30 heavy (non-hydrogen) atoms. The minimum atomic E-state index is -0.811. The van der Waals surface area contributed by atoms with Crippen molar-refractivity contribution >= 4 is 45.6 Å². The van der Waals surface area contributed by atoms with Crippen LogP contribution in [-0.2, 0) is 32.0 Å². The molecule has 2 aromatic rings. The number of ketones is 1. The molecule has 1 N–H and O–H groups in total. The normalized spacial score (nSPS) is 14.7. The van der Waals surface area contributed by atoms with Gasteiger partial charge in [0.1, 0.15) is 17.6 Å². The number of hydrogen-bond donors (Lipinski definition) is 1. The fourth-order valence-electron chi connectivity index (χ4n) is 3.66. The number of Topliss-reactive ketones (excluding diaryl/α,β-unsaturated/α-hetero) is 1. The average Bonchev–Trinajstić information content (AvgIpc) is 3.22. The fourth-order valence-corrected chi connectivity index (χ4v) is 4.92. The molecule has 0 spiro atoms. The number of amides is 2.